The van der Waals surface area contributed by atoms with Gasteiger partial charge >= 0.3 is 6.09 Å². The van der Waals surface area contributed by atoms with E-state index in [9.17, 15) is 9.59 Å². The molecule has 2 aromatic carbocycles. The SMILES string of the molecule is CCC(COC)(COCOc1ccc(-c2ccc(OC)cc2)cc1)COC(=O)NCCCCCNC(C)=O. The second-order valence-corrected chi connectivity index (χ2v) is 9.20. The van der Waals surface area contributed by atoms with Crippen LogP contribution in [0.1, 0.15) is 39.5 Å². The van der Waals surface area contributed by atoms with Crippen molar-refractivity contribution in [3.63, 3.8) is 0 Å². The lowest BCUT2D eigenvalue weighted by atomic mass is 9.88. The van der Waals surface area contributed by atoms with Crippen LogP contribution in [0.25, 0.3) is 11.1 Å². The number of alkyl carbamates (subject to hydrolysis) is 1. The predicted molar refractivity (Wildman–Crippen MR) is 146 cm³/mol. The first-order valence-electron chi connectivity index (χ1n) is 13.0. The van der Waals surface area contributed by atoms with E-state index in [0.717, 1.165) is 36.1 Å². The normalized spacial score (nSPS) is 12.3. The molecule has 0 saturated heterocycles. The lowest BCUT2D eigenvalue weighted by molar-refractivity contribution is -0.118. The topological polar surface area (TPSA) is 104 Å². The molecule has 0 aliphatic heterocycles. The zero-order chi connectivity index (χ0) is 27.6. The molecule has 0 aliphatic rings. The Morgan fingerprint density at radius 3 is 1.95 bits per heavy atom. The summed E-state index contributed by atoms with van der Waals surface area (Å²) in [6.07, 6.45) is 2.83. The second-order valence-electron chi connectivity index (χ2n) is 9.20. The summed E-state index contributed by atoms with van der Waals surface area (Å²) in [6, 6.07) is 15.7. The summed E-state index contributed by atoms with van der Waals surface area (Å²) in [5, 5.41) is 5.53. The Labute approximate surface area is 226 Å². The van der Waals surface area contributed by atoms with Gasteiger partial charge in [-0.3, -0.25) is 4.79 Å². The van der Waals surface area contributed by atoms with E-state index in [1.165, 1.54) is 6.92 Å². The number of carbonyl (C=O) groups is 2. The third-order valence-corrected chi connectivity index (χ3v) is 6.20. The van der Waals surface area contributed by atoms with Crippen molar-refractivity contribution < 1.29 is 33.3 Å². The smallest absolute Gasteiger partial charge is 0.407 e. The quantitative estimate of drug-likeness (QED) is 0.211. The van der Waals surface area contributed by atoms with Crippen molar-refractivity contribution in [2.75, 3.05) is 53.9 Å². The number of methoxy groups -OCH3 is 2. The van der Waals surface area contributed by atoms with Gasteiger partial charge in [0.25, 0.3) is 0 Å². The number of hydrogen-bond acceptors (Lipinski definition) is 7. The standard InChI is InChI=1S/C29H42N2O7/c1-5-29(19-34-3,21-37-28(33)31-18-8-6-7-17-30-23(2)32)20-36-22-38-27-15-11-25(12-16-27)24-9-13-26(35-4)14-10-24/h9-16H,5-8,17-22H2,1-4H3,(H,30,32)(H,31,33). The minimum atomic E-state index is -0.480. The van der Waals surface area contributed by atoms with Gasteiger partial charge in [0.05, 0.1) is 25.7 Å². The molecule has 1 atom stereocenters. The number of amides is 2. The number of unbranched alkanes of at least 4 members (excludes halogenated alkanes) is 2. The highest BCUT2D eigenvalue weighted by molar-refractivity contribution is 5.72. The summed E-state index contributed by atoms with van der Waals surface area (Å²) in [5.74, 6) is 1.49. The highest BCUT2D eigenvalue weighted by Crippen LogP contribution is 2.26. The van der Waals surface area contributed by atoms with E-state index in [4.69, 9.17) is 23.7 Å². The first-order chi connectivity index (χ1) is 18.4. The number of carbonyl (C=O) groups excluding carboxylic acids is 2. The first kappa shape index (κ1) is 30.9. The highest BCUT2D eigenvalue weighted by Gasteiger charge is 2.31. The summed E-state index contributed by atoms with van der Waals surface area (Å²) in [7, 11) is 3.27. The van der Waals surface area contributed by atoms with Gasteiger partial charge in [0.2, 0.25) is 5.91 Å². The zero-order valence-corrected chi connectivity index (χ0v) is 23.0. The van der Waals surface area contributed by atoms with Crippen LogP contribution < -0.4 is 20.1 Å². The van der Waals surface area contributed by atoms with Crippen molar-refractivity contribution >= 4 is 12.0 Å². The lowest BCUT2D eigenvalue weighted by Gasteiger charge is -2.31. The fourth-order valence-corrected chi connectivity index (χ4v) is 3.78. The number of hydrogen-bond donors (Lipinski definition) is 2. The first-order valence-corrected chi connectivity index (χ1v) is 13.0. The van der Waals surface area contributed by atoms with Gasteiger partial charge in [-0.2, -0.15) is 0 Å². The Balaban J connectivity index is 1.72. The Morgan fingerprint density at radius 2 is 1.39 bits per heavy atom. The summed E-state index contributed by atoms with van der Waals surface area (Å²) < 4.78 is 27.7. The van der Waals surface area contributed by atoms with Crippen LogP contribution in [-0.2, 0) is 19.0 Å². The molecule has 2 N–H and O–H groups in total. The van der Waals surface area contributed by atoms with Crippen LogP contribution in [0.3, 0.4) is 0 Å². The van der Waals surface area contributed by atoms with Crippen LogP contribution >= 0.6 is 0 Å². The molecule has 2 aromatic rings. The summed E-state index contributed by atoms with van der Waals surface area (Å²) >= 11 is 0. The van der Waals surface area contributed by atoms with Crippen LogP contribution in [-0.4, -0.2) is 65.9 Å². The van der Waals surface area contributed by atoms with Crippen molar-refractivity contribution in [2.24, 2.45) is 5.41 Å². The molecule has 0 aliphatic carbocycles. The molecule has 0 bridgehead atoms. The molecule has 2 amide bonds. The molecular formula is C29H42N2O7. The fraction of sp³-hybridized carbons (Fsp3) is 0.517. The van der Waals surface area contributed by atoms with Gasteiger partial charge in [0.1, 0.15) is 18.1 Å². The maximum atomic E-state index is 12.2. The van der Waals surface area contributed by atoms with Crippen LogP contribution in [0.5, 0.6) is 11.5 Å². The fourth-order valence-electron chi connectivity index (χ4n) is 3.78. The Hall–Kier alpha value is -3.30. The molecule has 0 aromatic heterocycles. The zero-order valence-electron chi connectivity index (χ0n) is 23.0. The number of rotatable bonds is 18. The minimum absolute atomic E-state index is 0.0304. The maximum Gasteiger partial charge on any atom is 0.407 e. The predicted octanol–water partition coefficient (Wildman–Crippen LogP) is 4.79. The van der Waals surface area contributed by atoms with Gasteiger partial charge in [-0.15, -0.1) is 0 Å². The molecule has 9 heteroatoms. The van der Waals surface area contributed by atoms with E-state index < -0.39 is 11.5 Å². The third-order valence-electron chi connectivity index (χ3n) is 6.20. The van der Waals surface area contributed by atoms with Crippen LogP contribution in [0, 0.1) is 5.41 Å². The van der Waals surface area contributed by atoms with E-state index >= 15 is 0 Å². The molecule has 9 nitrogen and oxygen atoms in total. The average molecular weight is 531 g/mol. The molecule has 210 valence electrons. The van der Waals surface area contributed by atoms with E-state index in [0.29, 0.717) is 38.5 Å². The van der Waals surface area contributed by atoms with Crippen molar-refractivity contribution in [3.8, 4) is 22.6 Å². The molecule has 0 heterocycles. The van der Waals surface area contributed by atoms with Crippen molar-refractivity contribution in [1.29, 1.82) is 0 Å². The second kappa shape index (κ2) is 17.3. The van der Waals surface area contributed by atoms with Crippen molar-refractivity contribution in [1.82, 2.24) is 10.6 Å². The van der Waals surface area contributed by atoms with Gasteiger partial charge in [-0.05, 0) is 61.1 Å². The Kier molecular flexibility index (Phi) is 14.0. The third kappa shape index (κ3) is 11.4. The van der Waals surface area contributed by atoms with Gasteiger partial charge in [-0.25, -0.2) is 4.79 Å². The largest absolute Gasteiger partial charge is 0.497 e. The van der Waals surface area contributed by atoms with Crippen molar-refractivity contribution in [2.45, 2.75) is 39.5 Å². The van der Waals surface area contributed by atoms with E-state index in [2.05, 4.69) is 10.6 Å². The molecule has 0 spiro atoms. The Morgan fingerprint density at radius 1 is 0.789 bits per heavy atom. The molecule has 0 radical (unpaired) electrons. The van der Waals surface area contributed by atoms with Gasteiger partial charge in [0.15, 0.2) is 6.79 Å². The number of ether oxygens (including phenoxy) is 5. The molecule has 2 rings (SSSR count). The van der Waals surface area contributed by atoms with Crippen LogP contribution in [0.2, 0.25) is 0 Å². The molecule has 0 fully saturated rings. The summed E-state index contributed by atoms with van der Waals surface area (Å²) in [5.41, 5.74) is 1.68. The van der Waals surface area contributed by atoms with Crippen LogP contribution in [0.15, 0.2) is 48.5 Å². The van der Waals surface area contributed by atoms with Gasteiger partial charge in [-0.1, -0.05) is 31.2 Å². The molecule has 0 saturated carbocycles. The maximum absolute atomic E-state index is 12.2. The number of nitrogens with one attached hydrogen (secondary N) is 2. The molecule has 1 unspecified atom stereocenters. The summed E-state index contributed by atoms with van der Waals surface area (Å²) in [6.45, 7) is 5.61. The summed E-state index contributed by atoms with van der Waals surface area (Å²) in [4.78, 5) is 23.0. The monoisotopic (exact) mass is 530 g/mol. The van der Waals surface area contributed by atoms with E-state index in [-0.39, 0.29) is 19.3 Å². The van der Waals surface area contributed by atoms with E-state index in [1.807, 2.05) is 55.5 Å². The molecule has 38 heavy (non-hydrogen) atoms. The Bertz CT molecular complexity index is 950. The minimum Gasteiger partial charge on any atom is -0.497 e. The van der Waals surface area contributed by atoms with E-state index in [1.54, 1.807) is 14.2 Å². The molecular weight excluding hydrogens is 488 g/mol. The van der Waals surface area contributed by atoms with Gasteiger partial charge < -0.3 is 34.3 Å². The lowest BCUT2D eigenvalue weighted by Crippen LogP contribution is -2.39. The average Bonchev–Trinajstić information content (AvgIpc) is 2.93. The van der Waals surface area contributed by atoms with Gasteiger partial charge in [0, 0.05) is 27.1 Å². The number of benzene rings is 2. The highest BCUT2D eigenvalue weighted by atomic mass is 16.7. The van der Waals surface area contributed by atoms with Crippen molar-refractivity contribution in [3.05, 3.63) is 48.5 Å². The van der Waals surface area contributed by atoms with Crippen LogP contribution in [0.4, 0.5) is 4.79 Å².